The average Bonchev–Trinajstić information content (AvgIpc) is 3.41. The summed E-state index contributed by atoms with van der Waals surface area (Å²) in [5.74, 6) is 0.744. The van der Waals surface area contributed by atoms with Crippen LogP contribution in [0.1, 0.15) is 17.4 Å². The van der Waals surface area contributed by atoms with Crippen LogP contribution in [0.4, 0.5) is 4.79 Å². The van der Waals surface area contributed by atoms with E-state index in [4.69, 9.17) is 4.42 Å². The van der Waals surface area contributed by atoms with Crippen LogP contribution in [0, 0.1) is 0 Å². The highest BCUT2D eigenvalue weighted by Gasteiger charge is 2.17. The summed E-state index contributed by atoms with van der Waals surface area (Å²) in [6.45, 7) is 0.830. The summed E-state index contributed by atoms with van der Waals surface area (Å²) >= 11 is 0. The zero-order valence-corrected chi connectivity index (χ0v) is 14.7. The minimum absolute atomic E-state index is 0.196. The summed E-state index contributed by atoms with van der Waals surface area (Å²) in [7, 11) is 0. The molecule has 0 aliphatic heterocycles. The molecule has 0 fully saturated rings. The molecule has 0 aliphatic carbocycles. The Kier molecular flexibility index (Phi) is 4.87. The Morgan fingerprint density at radius 3 is 2.74 bits per heavy atom. The van der Waals surface area contributed by atoms with E-state index in [-0.39, 0.29) is 12.1 Å². The van der Waals surface area contributed by atoms with Crippen LogP contribution in [0.25, 0.3) is 10.8 Å². The molecule has 0 radical (unpaired) electrons. The van der Waals surface area contributed by atoms with E-state index in [0.717, 1.165) is 22.1 Å². The lowest BCUT2D eigenvalue weighted by atomic mass is 10.0. The molecule has 2 aromatic carbocycles. The van der Waals surface area contributed by atoms with Crippen molar-refractivity contribution in [1.29, 1.82) is 0 Å². The fourth-order valence-corrected chi connectivity index (χ4v) is 3.14. The van der Waals surface area contributed by atoms with Gasteiger partial charge in [-0.1, -0.05) is 42.5 Å². The minimum Gasteiger partial charge on any atom is -0.467 e. The van der Waals surface area contributed by atoms with E-state index in [1.54, 1.807) is 17.1 Å². The largest absolute Gasteiger partial charge is 0.467 e. The first-order chi connectivity index (χ1) is 13.3. The molecule has 0 bridgehead atoms. The summed E-state index contributed by atoms with van der Waals surface area (Å²) in [5, 5.41) is 12.4. The third kappa shape index (κ3) is 3.84. The van der Waals surface area contributed by atoms with Crippen LogP contribution in [0.5, 0.6) is 0 Å². The lowest BCUT2D eigenvalue weighted by molar-refractivity contribution is 0.238. The molecule has 0 saturated carbocycles. The molecule has 4 aromatic rings. The Hall–Kier alpha value is -3.54. The predicted octanol–water partition coefficient (Wildman–Crippen LogP) is 3.72. The van der Waals surface area contributed by atoms with Gasteiger partial charge >= 0.3 is 6.03 Å². The number of furan rings is 1. The molecule has 1 atom stereocenters. The van der Waals surface area contributed by atoms with Crippen molar-refractivity contribution in [3.63, 3.8) is 0 Å². The number of hydrogen-bond acceptors (Lipinski definition) is 3. The van der Waals surface area contributed by atoms with Crippen LogP contribution in [-0.2, 0) is 6.54 Å². The van der Waals surface area contributed by atoms with E-state index in [0.29, 0.717) is 13.1 Å². The van der Waals surface area contributed by atoms with Crippen LogP contribution >= 0.6 is 0 Å². The molecule has 0 spiro atoms. The summed E-state index contributed by atoms with van der Waals surface area (Å²) in [6, 6.07) is 19.4. The van der Waals surface area contributed by atoms with Crippen molar-refractivity contribution in [2.45, 2.75) is 12.6 Å². The van der Waals surface area contributed by atoms with E-state index in [1.165, 1.54) is 0 Å². The first kappa shape index (κ1) is 16.9. The lowest BCUT2D eigenvalue weighted by Gasteiger charge is -2.16. The number of aromatic nitrogens is 2. The van der Waals surface area contributed by atoms with E-state index in [2.05, 4.69) is 33.9 Å². The SMILES string of the molecule is O=C(NCc1cccc2ccccc12)NC[C@@H](c1ccco1)n1cccn1. The van der Waals surface area contributed by atoms with Crippen molar-refractivity contribution >= 4 is 16.8 Å². The topological polar surface area (TPSA) is 72.1 Å². The summed E-state index contributed by atoms with van der Waals surface area (Å²) in [6.07, 6.45) is 5.17. The van der Waals surface area contributed by atoms with Gasteiger partial charge in [-0.05, 0) is 34.5 Å². The quantitative estimate of drug-likeness (QED) is 0.550. The standard InChI is InChI=1S/C21H20N4O2/c26-21(22-14-17-8-3-7-16-6-1-2-9-18(16)17)23-15-19(20-10-4-13-27-20)25-12-5-11-24-25/h1-13,19H,14-15H2,(H2,22,23,26)/t19-/m0/s1. The first-order valence-electron chi connectivity index (χ1n) is 8.82. The number of urea groups is 1. The van der Waals surface area contributed by atoms with Gasteiger partial charge in [0.15, 0.2) is 0 Å². The maximum Gasteiger partial charge on any atom is 0.315 e. The number of benzene rings is 2. The summed E-state index contributed by atoms with van der Waals surface area (Å²) in [5.41, 5.74) is 1.08. The van der Waals surface area contributed by atoms with Gasteiger partial charge in [0.25, 0.3) is 0 Å². The highest BCUT2D eigenvalue weighted by atomic mass is 16.3. The lowest BCUT2D eigenvalue weighted by Crippen LogP contribution is -2.38. The zero-order chi connectivity index (χ0) is 18.5. The van der Waals surface area contributed by atoms with E-state index in [1.807, 2.05) is 48.7 Å². The smallest absolute Gasteiger partial charge is 0.315 e. The maximum absolute atomic E-state index is 12.3. The molecule has 136 valence electrons. The van der Waals surface area contributed by atoms with E-state index >= 15 is 0 Å². The number of amides is 2. The maximum atomic E-state index is 12.3. The molecule has 4 rings (SSSR count). The molecule has 6 heteroatoms. The summed E-state index contributed by atoms with van der Waals surface area (Å²) < 4.78 is 7.26. The Balaban J connectivity index is 1.39. The Morgan fingerprint density at radius 2 is 1.93 bits per heavy atom. The van der Waals surface area contributed by atoms with E-state index in [9.17, 15) is 4.79 Å². The number of carbonyl (C=O) groups is 1. The predicted molar refractivity (Wildman–Crippen MR) is 103 cm³/mol. The molecular weight excluding hydrogens is 340 g/mol. The van der Waals surface area contributed by atoms with Crippen LogP contribution in [0.15, 0.2) is 83.7 Å². The molecule has 0 aliphatic rings. The van der Waals surface area contributed by atoms with Gasteiger partial charge in [0.05, 0.1) is 6.26 Å². The van der Waals surface area contributed by atoms with Gasteiger partial charge in [0.2, 0.25) is 0 Å². The molecule has 2 aromatic heterocycles. The van der Waals surface area contributed by atoms with Crippen LogP contribution < -0.4 is 10.6 Å². The van der Waals surface area contributed by atoms with Crippen LogP contribution in [-0.4, -0.2) is 22.4 Å². The van der Waals surface area contributed by atoms with Gasteiger partial charge in [0.1, 0.15) is 11.8 Å². The molecule has 27 heavy (non-hydrogen) atoms. The van der Waals surface area contributed by atoms with Gasteiger partial charge in [-0.2, -0.15) is 5.10 Å². The van der Waals surface area contributed by atoms with Crippen molar-refractivity contribution in [2.24, 2.45) is 0 Å². The normalized spacial score (nSPS) is 12.0. The van der Waals surface area contributed by atoms with Crippen LogP contribution in [0.3, 0.4) is 0 Å². The van der Waals surface area contributed by atoms with Gasteiger partial charge in [-0.3, -0.25) is 4.68 Å². The average molecular weight is 360 g/mol. The zero-order valence-electron chi connectivity index (χ0n) is 14.7. The van der Waals surface area contributed by atoms with Gasteiger partial charge < -0.3 is 15.1 Å². The molecule has 2 N–H and O–H groups in total. The van der Waals surface area contributed by atoms with Crippen molar-refractivity contribution in [3.8, 4) is 0 Å². The van der Waals surface area contributed by atoms with Crippen molar-refractivity contribution in [2.75, 3.05) is 6.54 Å². The Bertz CT molecular complexity index is 970. The first-order valence-corrected chi connectivity index (χ1v) is 8.82. The van der Waals surface area contributed by atoms with E-state index < -0.39 is 0 Å². The fraction of sp³-hybridized carbons (Fsp3) is 0.143. The van der Waals surface area contributed by atoms with Gasteiger partial charge in [-0.25, -0.2) is 4.79 Å². The molecular formula is C21H20N4O2. The third-order valence-electron chi connectivity index (χ3n) is 4.49. The van der Waals surface area contributed by atoms with Crippen LogP contribution in [0.2, 0.25) is 0 Å². The second-order valence-corrected chi connectivity index (χ2v) is 6.22. The van der Waals surface area contributed by atoms with Gasteiger partial charge in [0, 0.05) is 25.5 Å². The Labute approximate surface area is 156 Å². The molecule has 0 saturated heterocycles. The van der Waals surface area contributed by atoms with Crippen molar-refractivity contribution in [3.05, 3.63) is 90.6 Å². The minimum atomic E-state index is -0.230. The number of rotatable bonds is 6. The number of hydrogen-bond donors (Lipinski definition) is 2. The molecule has 2 heterocycles. The molecule has 6 nitrogen and oxygen atoms in total. The van der Waals surface area contributed by atoms with Gasteiger partial charge in [-0.15, -0.1) is 0 Å². The molecule has 0 unspecified atom stereocenters. The molecule has 2 amide bonds. The Morgan fingerprint density at radius 1 is 1.04 bits per heavy atom. The second kappa shape index (κ2) is 7.78. The monoisotopic (exact) mass is 360 g/mol. The number of nitrogens with zero attached hydrogens (tertiary/aromatic N) is 2. The van der Waals surface area contributed by atoms with Crippen molar-refractivity contribution in [1.82, 2.24) is 20.4 Å². The number of carbonyl (C=O) groups excluding carboxylic acids is 1. The second-order valence-electron chi connectivity index (χ2n) is 6.22. The highest BCUT2D eigenvalue weighted by Crippen LogP contribution is 2.19. The fourth-order valence-electron chi connectivity index (χ4n) is 3.14. The highest BCUT2D eigenvalue weighted by molar-refractivity contribution is 5.86. The third-order valence-corrected chi connectivity index (χ3v) is 4.49. The van der Waals surface area contributed by atoms with Crippen molar-refractivity contribution < 1.29 is 9.21 Å². The number of nitrogens with one attached hydrogen (secondary N) is 2. The summed E-state index contributed by atoms with van der Waals surface area (Å²) in [4.78, 5) is 12.3. The number of fused-ring (bicyclic) bond motifs is 1.